The third kappa shape index (κ3) is 4.12. The largest absolute Gasteiger partial charge is 0.366 e. The lowest BCUT2D eigenvalue weighted by molar-refractivity contribution is -0.135. The lowest BCUT2D eigenvalue weighted by atomic mass is 10.2. The van der Waals surface area contributed by atoms with Gasteiger partial charge in [0.25, 0.3) is 5.91 Å². The zero-order valence-electron chi connectivity index (χ0n) is 13.6. The molecule has 0 spiro atoms. The molecule has 1 amide bonds. The van der Waals surface area contributed by atoms with Crippen molar-refractivity contribution in [2.24, 2.45) is 0 Å². The number of rotatable bonds is 4. The van der Waals surface area contributed by atoms with Crippen LogP contribution in [0.3, 0.4) is 0 Å². The van der Waals surface area contributed by atoms with Crippen LogP contribution < -0.4 is 4.90 Å². The van der Waals surface area contributed by atoms with Gasteiger partial charge in [-0.1, -0.05) is 41.9 Å². The molecule has 1 aromatic heterocycles. The van der Waals surface area contributed by atoms with Crippen molar-refractivity contribution in [3.05, 3.63) is 59.2 Å². The quantitative estimate of drug-likeness (QED) is 0.854. The predicted octanol–water partition coefficient (Wildman–Crippen LogP) is 2.60. The second-order valence-electron chi connectivity index (χ2n) is 5.81. The van der Waals surface area contributed by atoms with Crippen molar-refractivity contribution < 1.29 is 9.53 Å². The molecule has 1 aliphatic rings. The summed E-state index contributed by atoms with van der Waals surface area (Å²) in [6, 6.07) is 13.7. The number of likely N-dealkylation sites (N-methyl/N-ethyl adjacent to an activating group) is 1. The maximum Gasteiger partial charge on any atom is 0.258 e. The first-order chi connectivity index (χ1) is 11.6. The summed E-state index contributed by atoms with van der Waals surface area (Å²) in [5.74, 6) is 0.468. The number of morpholine rings is 1. The number of hydrogen-bond acceptors (Lipinski definition) is 4. The molecule has 5 nitrogen and oxygen atoms in total. The highest BCUT2D eigenvalue weighted by molar-refractivity contribution is 6.30. The fourth-order valence-electron chi connectivity index (χ4n) is 2.73. The molecule has 0 saturated carbocycles. The lowest BCUT2D eigenvalue weighted by Gasteiger charge is -2.33. The van der Waals surface area contributed by atoms with Crippen LogP contribution in [0, 0.1) is 0 Å². The molecule has 1 unspecified atom stereocenters. The number of ether oxygens (including phenoxy) is 1. The summed E-state index contributed by atoms with van der Waals surface area (Å²) >= 11 is 5.84. The Kier molecular flexibility index (Phi) is 5.45. The molecule has 1 saturated heterocycles. The second kappa shape index (κ2) is 7.75. The number of aromatic nitrogens is 1. The van der Waals surface area contributed by atoms with Gasteiger partial charge < -0.3 is 4.74 Å². The molecule has 2 aromatic rings. The van der Waals surface area contributed by atoms with Gasteiger partial charge in [-0.25, -0.2) is 4.98 Å². The summed E-state index contributed by atoms with van der Waals surface area (Å²) in [5.41, 5.74) is 1.23. The lowest BCUT2D eigenvalue weighted by Crippen LogP contribution is -2.50. The van der Waals surface area contributed by atoms with Crippen molar-refractivity contribution in [2.75, 3.05) is 31.6 Å². The van der Waals surface area contributed by atoms with E-state index in [1.54, 1.807) is 19.2 Å². The predicted molar refractivity (Wildman–Crippen MR) is 94.1 cm³/mol. The highest BCUT2D eigenvalue weighted by Crippen LogP contribution is 2.17. The van der Waals surface area contributed by atoms with Gasteiger partial charge in [0, 0.05) is 32.9 Å². The van der Waals surface area contributed by atoms with Gasteiger partial charge in [-0.3, -0.25) is 14.6 Å². The van der Waals surface area contributed by atoms with Gasteiger partial charge in [0.15, 0.2) is 0 Å². The minimum absolute atomic E-state index is 0.0948. The van der Waals surface area contributed by atoms with Crippen molar-refractivity contribution in [1.82, 2.24) is 9.88 Å². The maximum atomic E-state index is 12.7. The average Bonchev–Trinajstić information content (AvgIpc) is 2.62. The van der Waals surface area contributed by atoms with Gasteiger partial charge >= 0.3 is 0 Å². The monoisotopic (exact) mass is 345 g/mol. The molecule has 6 heteroatoms. The van der Waals surface area contributed by atoms with Crippen LogP contribution in [0.2, 0.25) is 5.02 Å². The fraction of sp³-hybridized carbons (Fsp3) is 0.333. The molecular formula is C18H20ClN3O2. The van der Waals surface area contributed by atoms with E-state index in [0.717, 1.165) is 13.1 Å². The standard InChI is InChI=1S/C18H20ClN3O2/c1-21(17-8-7-15(19)11-20-17)18(23)16-13-22(9-10-24-16)12-14-5-3-2-4-6-14/h2-8,11,16H,9-10,12-13H2,1H3. The summed E-state index contributed by atoms with van der Waals surface area (Å²) in [5, 5.41) is 0.544. The maximum absolute atomic E-state index is 12.7. The summed E-state index contributed by atoms with van der Waals surface area (Å²) in [6.45, 7) is 2.76. The van der Waals surface area contributed by atoms with Crippen LogP contribution in [-0.4, -0.2) is 48.6 Å². The minimum atomic E-state index is -0.482. The van der Waals surface area contributed by atoms with Crippen LogP contribution in [0.15, 0.2) is 48.7 Å². The number of carbonyl (C=O) groups is 1. The van der Waals surface area contributed by atoms with E-state index >= 15 is 0 Å². The molecule has 126 valence electrons. The van der Waals surface area contributed by atoms with Crippen LogP contribution >= 0.6 is 11.6 Å². The van der Waals surface area contributed by atoms with Crippen LogP contribution in [0.5, 0.6) is 0 Å². The van der Waals surface area contributed by atoms with E-state index in [1.807, 2.05) is 18.2 Å². The summed E-state index contributed by atoms with van der Waals surface area (Å²) in [7, 11) is 1.71. The molecular weight excluding hydrogens is 326 g/mol. The molecule has 0 bridgehead atoms. The van der Waals surface area contributed by atoms with Gasteiger partial charge in [0.05, 0.1) is 11.6 Å². The third-order valence-corrected chi connectivity index (χ3v) is 4.28. The Hall–Kier alpha value is -1.95. The Labute approximate surface area is 146 Å². The average molecular weight is 346 g/mol. The number of carbonyl (C=O) groups excluding carboxylic acids is 1. The summed E-state index contributed by atoms with van der Waals surface area (Å²) < 4.78 is 5.69. The van der Waals surface area contributed by atoms with Crippen LogP contribution in [0.1, 0.15) is 5.56 Å². The van der Waals surface area contributed by atoms with Gasteiger partial charge in [-0.2, -0.15) is 0 Å². The zero-order chi connectivity index (χ0) is 16.9. The molecule has 2 heterocycles. The normalized spacial score (nSPS) is 18.3. The molecule has 1 aromatic carbocycles. The van der Waals surface area contributed by atoms with Gasteiger partial charge in [0.1, 0.15) is 11.9 Å². The Morgan fingerprint density at radius 3 is 2.83 bits per heavy atom. The first kappa shape index (κ1) is 16.9. The van der Waals surface area contributed by atoms with E-state index in [0.29, 0.717) is 24.0 Å². The van der Waals surface area contributed by atoms with Gasteiger partial charge in [0.2, 0.25) is 0 Å². The summed E-state index contributed by atoms with van der Waals surface area (Å²) in [4.78, 5) is 20.6. The first-order valence-corrected chi connectivity index (χ1v) is 8.28. The van der Waals surface area contributed by atoms with E-state index in [4.69, 9.17) is 16.3 Å². The number of anilines is 1. The summed E-state index contributed by atoms with van der Waals surface area (Å²) in [6.07, 6.45) is 1.05. The minimum Gasteiger partial charge on any atom is -0.366 e. The number of nitrogens with zero attached hydrogens (tertiary/aromatic N) is 3. The van der Waals surface area contributed by atoms with E-state index < -0.39 is 6.10 Å². The topological polar surface area (TPSA) is 45.7 Å². The first-order valence-electron chi connectivity index (χ1n) is 7.90. The Morgan fingerprint density at radius 2 is 2.12 bits per heavy atom. The van der Waals surface area contributed by atoms with E-state index in [9.17, 15) is 4.79 Å². The number of halogens is 1. The smallest absolute Gasteiger partial charge is 0.258 e. The van der Waals surface area contributed by atoms with Crippen LogP contribution in [0.25, 0.3) is 0 Å². The number of pyridine rings is 1. The van der Waals surface area contributed by atoms with Crippen molar-refractivity contribution in [3.8, 4) is 0 Å². The molecule has 1 atom stereocenters. The molecule has 3 rings (SSSR count). The highest BCUT2D eigenvalue weighted by atomic mass is 35.5. The van der Waals surface area contributed by atoms with E-state index in [2.05, 4.69) is 22.0 Å². The molecule has 24 heavy (non-hydrogen) atoms. The van der Waals surface area contributed by atoms with Crippen molar-refractivity contribution in [1.29, 1.82) is 0 Å². The van der Waals surface area contributed by atoms with Gasteiger partial charge in [-0.15, -0.1) is 0 Å². The highest BCUT2D eigenvalue weighted by Gasteiger charge is 2.29. The number of benzene rings is 1. The van der Waals surface area contributed by atoms with E-state index in [-0.39, 0.29) is 5.91 Å². The Bertz CT molecular complexity index is 678. The van der Waals surface area contributed by atoms with E-state index in [1.165, 1.54) is 16.7 Å². The van der Waals surface area contributed by atoms with Crippen molar-refractivity contribution >= 4 is 23.3 Å². The SMILES string of the molecule is CN(C(=O)C1CN(Cc2ccccc2)CCO1)c1ccc(Cl)cn1. The Morgan fingerprint density at radius 1 is 1.33 bits per heavy atom. The van der Waals surface area contributed by atoms with Crippen molar-refractivity contribution in [2.45, 2.75) is 12.6 Å². The van der Waals surface area contributed by atoms with Crippen molar-refractivity contribution in [3.63, 3.8) is 0 Å². The molecule has 0 radical (unpaired) electrons. The molecule has 0 aliphatic carbocycles. The molecule has 1 aliphatic heterocycles. The fourth-order valence-corrected chi connectivity index (χ4v) is 2.84. The van der Waals surface area contributed by atoms with Gasteiger partial charge in [-0.05, 0) is 17.7 Å². The third-order valence-electron chi connectivity index (χ3n) is 4.06. The molecule has 1 fully saturated rings. The number of amides is 1. The Balaban J connectivity index is 1.63. The van der Waals surface area contributed by atoms with Crippen LogP contribution in [-0.2, 0) is 16.1 Å². The second-order valence-corrected chi connectivity index (χ2v) is 6.25. The number of hydrogen-bond donors (Lipinski definition) is 0. The van der Waals surface area contributed by atoms with Crippen LogP contribution in [0.4, 0.5) is 5.82 Å². The molecule has 0 N–H and O–H groups in total. The zero-order valence-corrected chi connectivity index (χ0v) is 14.3.